The van der Waals surface area contributed by atoms with Crippen LogP contribution < -0.4 is 10.6 Å². The summed E-state index contributed by atoms with van der Waals surface area (Å²) in [5.41, 5.74) is 1.39. The zero-order valence-electron chi connectivity index (χ0n) is 15.0. The molecule has 2 unspecified atom stereocenters. The number of rotatable bonds is 8. The molecule has 1 saturated carbocycles. The Kier molecular flexibility index (Phi) is 6.90. The maximum atomic E-state index is 4.35. The molecule has 0 bridgehead atoms. The van der Waals surface area contributed by atoms with E-state index in [1.165, 1.54) is 18.4 Å². The molecule has 0 aromatic heterocycles. The summed E-state index contributed by atoms with van der Waals surface area (Å²) in [7, 11) is 4.07. The van der Waals surface area contributed by atoms with Crippen LogP contribution in [0.3, 0.4) is 0 Å². The fraction of sp³-hybridized carbons (Fsp3) is 0.632. The summed E-state index contributed by atoms with van der Waals surface area (Å²) < 4.78 is 0. The summed E-state index contributed by atoms with van der Waals surface area (Å²) >= 11 is 0. The Bertz CT molecular complexity index is 481. The van der Waals surface area contributed by atoms with Crippen LogP contribution in [0.2, 0.25) is 0 Å². The van der Waals surface area contributed by atoms with Gasteiger partial charge in [0.25, 0.3) is 0 Å². The van der Waals surface area contributed by atoms with Gasteiger partial charge in [-0.15, -0.1) is 0 Å². The van der Waals surface area contributed by atoms with Gasteiger partial charge in [0.1, 0.15) is 0 Å². The summed E-state index contributed by atoms with van der Waals surface area (Å²) in [5.74, 6) is 0.904. The number of guanidine groups is 1. The van der Waals surface area contributed by atoms with Crippen LogP contribution >= 0.6 is 0 Å². The first-order chi connectivity index (χ1) is 11.1. The van der Waals surface area contributed by atoms with Gasteiger partial charge in [-0.25, -0.2) is 0 Å². The smallest absolute Gasteiger partial charge is 0.191 e. The van der Waals surface area contributed by atoms with Gasteiger partial charge in [-0.3, -0.25) is 9.89 Å². The second-order valence-electron chi connectivity index (χ2n) is 6.77. The predicted molar refractivity (Wildman–Crippen MR) is 99.0 cm³/mol. The third kappa shape index (κ3) is 6.22. The first-order valence-electron chi connectivity index (χ1n) is 8.83. The van der Waals surface area contributed by atoms with Crippen molar-refractivity contribution in [2.45, 2.75) is 57.7 Å². The fourth-order valence-electron chi connectivity index (χ4n) is 2.76. The summed E-state index contributed by atoms with van der Waals surface area (Å²) in [6, 6.07) is 12.4. The number of aryl methyl sites for hydroxylation is 1. The van der Waals surface area contributed by atoms with Gasteiger partial charge >= 0.3 is 0 Å². The van der Waals surface area contributed by atoms with E-state index in [0.29, 0.717) is 12.1 Å². The third-order valence-corrected chi connectivity index (χ3v) is 4.70. The van der Waals surface area contributed by atoms with Crippen molar-refractivity contribution in [2.75, 3.05) is 20.6 Å². The second-order valence-corrected chi connectivity index (χ2v) is 6.77. The molecule has 0 radical (unpaired) electrons. The van der Waals surface area contributed by atoms with Crippen LogP contribution in [0.5, 0.6) is 0 Å². The van der Waals surface area contributed by atoms with E-state index in [0.717, 1.165) is 31.4 Å². The molecule has 2 N–H and O–H groups in total. The molecular formula is C19H32N4. The summed E-state index contributed by atoms with van der Waals surface area (Å²) in [6.45, 7) is 5.42. The number of hydrogen-bond donors (Lipinski definition) is 2. The van der Waals surface area contributed by atoms with E-state index >= 15 is 0 Å². The van der Waals surface area contributed by atoms with Crippen molar-refractivity contribution in [3.8, 4) is 0 Å². The molecule has 1 aromatic rings. The van der Waals surface area contributed by atoms with Crippen molar-refractivity contribution in [3.63, 3.8) is 0 Å². The van der Waals surface area contributed by atoms with E-state index in [1.54, 1.807) is 0 Å². The average Bonchev–Trinajstić information content (AvgIpc) is 3.41. The van der Waals surface area contributed by atoms with Crippen LogP contribution in [-0.2, 0) is 6.42 Å². The zero-order chi connectivity index (χ0) is 16.7. The Balaban J connectivity index is 1.68. The van der Waals surface area contributed by atoms with E-state index in [-0.39, 0.29) is 0 Å². The highest BCUT2D eigenvalue weighted by Crippen LogP contribution is 2.26. The van der Waals surface area contributed by atoms with E-state index in [2.05, 4.69) is 71.8 Å². The lowest BCUT2D eigenvalue weighted by Gasteiger charge is -2.26. The van der Waals surface area contributed by atoms with Crippen molar-refractivity contribution in [1.29, 1.82) is 0 Å². The molecule has 4 heteroatoms. The quantitative estimate of drug-likeness (QED) is 0.572. The standard InChI is InChI=1S/C19H32N4/c1-15(10-11-17-8-6-5-7-9-17)22-19(20-3)21-14-16(2)23(4)18-12-13-18/h5-9,15-16,18H,10-14H2,1-4H3,(H2,20,21,22). The van der Waals surface area contributed by atoms with Crippen LogP contribution in [0.15, 0.2) is 35.3 Å². The van der Waals surface area contributed by atoms with Gasteiger partial charge in [0.05, 0.1) is 0 Å². The van der Waals surface area contributed by atoms with E-state index in [1.807, 2.05) is 7.05 Å². The van der Waals surface area contributed by atoms with E-state index in [4.69, 9.17) is 0 Å². The van der Waals surface area contributed by atoms with Crippen molar-refractivity contribution in [3.05, 3.63) is 35.9 Å². The highest BCUT2D eigenvalue weighted by Gasteiger charge is 2.28. The fourth-order valence-corrected chi connectivity index (χ4v) is 2.76. The lowest BCUT2D eigenvalue weighted by molar-refractivity contribution is 0.247. The highest BCUT2D eigenvalue weighted by molar-refractivity contribution is 5.79. The lowest BCUT2D eigenvalue weighted by Crippen LogP contribution is -2.47. The average molecular weight is 316 g/mol. The van der Waals surface area contributed by atoms with Gasteiger partial charge < -0.3 is 10.6 Å². The molecule has 4 nitrogen and oxygen atoms in total. The Labute approximate surface area is 141 Å². The van der Waals surface area contributed by atoms with Crippen LogP contribution in [0.25, 0.3) is 0 Å². The van der Waals surface area contributed by atoms with Gasteiger partial charge in [0.2, 0.25) is 0 Å². The van der Waals surface area contributed by atoms with Gasteiger partial charge in [0, 0.05) is 31.7 Å². The largest absolute Gasteiger partial charge is 0.355 e. The van der Waals surface area contributed by atoms with E-state index < -0.39 is 0 Å². The molecule has 2 rings (SSSR count). The number of likely N-dealkylation sites (N-methyl/N-ethyl adjacent to an activating group) is 1. The summed E-state index contributed by atoms with van der Waals surface area (Å²) in [4.78, 5) is 6.82. The molecule has 0 heterocycles. The minimum absolute atomic E-state index is 0.401. The normalized spacial score (nSPS) is 17.9. The molecule has 1 aromatic carbocycles. The number of aliphatic imine (C=N–C) groups is 1. The second kappa shape index (κ2) is 8.92. The first kappa shape index (κ1) is 17.8. The molecule has 0 saturated heterocycles. The number of hydrogen-bond acceptors (Lipinski definition) is 2. The molecular weight excluding hydrogens is 284 g/mol. The first-order valence-corrected chi connectivity index (χ1v) is 8.83. The molecule has 128 valence electrons. The van der Waals surface area contributed by atoms with Crippen LogP contribution in [0, 0.1) is 0 Å². The molecule has 0 spiro atoms. The van der Waals surface area contributed by atoms with E-state index in [9.17, 15) is 0 Å². The monoisotopic (exact) mass is 316 g/mol. The zero-order valence-corrected chi connectivity index (χ0v) is 15.0. The Morgan fingerprint density at radius 1 is 1.26 bits per heavy atom. The number of nitrogens with zero attached hydrogens (tertiary/aromatic N) is 2. The topological polar surface area (TPSA) is 39.7 Å². The maximum absolute atomic E-state index is 4.35. The molecule has 23 heavy (non-hydrogen) atoms. The van der Waals surface area contributed by atoms with Crippen molar-refractivity contribution < 1.29 is 0 Å². The Morgan fingerprint density at radius 3 is 2.57 bits per heavy atom. The summed E-state index contributed by atoms with van der Waals surface area (Å²) in [6.07, 6.45) is 4.89. The molecule has 1 aliphatic rings. The number of benzene rings is 1. The highest BCUT2D eigenvalue weighted by atomic mass is 15.2. The van der Waals surface area contributed by atoms with Crippen LogP contribution in [0.1, 0.15) is 38.7 Å². The molecule has 0 aliphatic heterocycles. The molecule has 2 atom stereocenters. The van der Waals surface area contributed by atoms with Crippen LogP contribution in [0.4, 0.5) is 0 Å². The third-order valence-electron chi connectivity index (χ3n) is 4.70. The van der Waals surface area contributed by atoms with Gasteiger partial charge in [0.15, 0.2) is 5.96 Å². The minimum atomic E-state index is 0.401. The van der Waals surface area contributed by atoms with Crippen molar-refractivity contribution in [1.82, 2.24) is 15.5 Å². The lowest BCUT2D eigenvalue weighted by atomic mass is 10.1. The molecule has 1 fully saturated rings. The molecule has 1 aliphatic carbocycles. The van der Waals surface area contributed by atoms with Gasteiger partial charge in [-0.2, -0.15) is 0 Å². The Hall–Kier alpha value is -1.55. The van der Waals surface area contributed by atoms with Crippen LogP contribution in [-0.4, -0.2) is 49.6 Å². The predicted octanol–water partition coefficient (Wildman–Crippen LogP) is 2.66. The SMILES string of the molecule is CN=C(NCC(C)N(C)C1CC1)NC(C)CCc1ccccc1. The molecule has 0 amide bonds. The maximum Gasteiger partial charge on any atom is 0.191 e. The van der Waals surface area contributed by atoms with Crippen molar-refractivity contribution in [2.24, 2.45) is 4.99 Å². The van der Waals surface area contributed by atoms with Gasteiger partial charge in [-0.05, 0) is 52.1 Å². The van der Waals surface area contributed by atoms with Crippen molar-refractivity contribution >= 4 is 5.96 Å². The Morgan fingerprint density at radius 2 is 1.96 bits per heavy atom. The number of nitrogens with one attached hydrogen (secondary N) is 2. The minimum Gasteiger partial charge on any atom is -0.355 e. The summed E-state index contributed by atoms with van der Waals surface area (Å²) in [5, 5.41) is 6.96. The van der Waals surface area contributed by atoms with Gasteiger partial charge in [-0.1, -0.05) is 30.3 Å².